The van der Waals surface area contributed by atoms with E-state index < -0.39 is 29.1 Å². The number of hydrogen-bond donors (Lipinski definition) is 1. The molecule has 7 heteroatoms. The van der Waals surface area contributed by atoms with E-state index in [1.807, 2.05) is 6.07 Å². The highest BCUT2D eigenvalue weighted by atomic mass is 19.1. The number of pyridine rings is 1. The second-order valence-corrected chi connectivity index (χ2v) is 7.52. The van der Waals surface area contributed by atoms with Crippen molar-refractivity contribution in [1.82, 2.24) is 9.88 Å². The van der Waals surface area contributed by atoms with Crippen LogP contribution in [0.2, 0.25) is 0 Å². The van der Waals surface area contributed by atoms with Crippen molar-refractivity contribution in [2.45, 2.75) is 32.4 Å². The third kappa shape index (κ3) is 3.45. The molecule has 1 aromatic heterocycles. The van der Waals surface area contributed by atoms with Crippen molar-refractivity contribution in [1.29, 1.82) is 5.26 Å². The van der Waals surface area contributed by atoms with Crippen molar-refractivity contribution < 1.29 is 13.6 Å². The summed E-state index contributed by atoms with van der Waals surface area (Å²) in [5.41, 5.74) is 0.430. The van der Waals surface area contributed by atoms with E-state index in [0.29, 0.717) is 5.56 Å². The molecule has 0 aliphatic heterocycles. The second kappa shape index (κ2) is 7.71. The standard InChI is InChI=1S/C23H19F2N3O2/c1-13-19(17-6-3-7-18(25)20(17)23(30)28(13)11-10-26)22(29)27-21(14-8-9-14)15-4-2-5-16(24)12-15/h2-7,12,14,21H,8-9,11H2,1H3,(H,27,29)/t21-/m0/s1. The molecule has 5 nitrogen and oxygen atoms in total. The molecule has 1 saturated carbocycles. The van der Waals surface area contributed by atoms with Crippen LogP contribution >= 0.6 is 0 Å². The first kappa shape index (κ1) is 19.8. The second-order valence-electron chi connectivity index (χ2n) is 7.52. The topological polar surface area (TPSA) is 74.9 Å². The normalized spacial score (nSPS) is 14.3. The molecule has 2 aromatic carbocycles. The first-order valence-corrected chi connectivity index (χ1v) is 9.67. The molecule has 0 unspecified atom stereocenters. The fourth-order valence-corrected chi connectivity index (χ4v) is 3.93. The number of hydrogen-bond acceptors (Lipinski definition) is 3. The number of nitrogens with zero attached hydrogens (tertiary/aromatic N) is 2. The Bertz CT molecular complexity index is 1260. The number of amides is 1. The van der Waals surface area contributed by atoms with Crippen LogP contribution in [0.1, 0.15) is 40.5 Å². The third-order valence-corrected chi connectivity index (χ3v) is 5.55. The zero-order chi connectivity index (χ0) is 21.4. The molecule has 3 aromatic rings. The molecule has 1 amide bonds. The Morgan fingerprint density at radius 2 is 2.00 bits per heavy atom. The van der Waals surface area contributed by atoms with Gasteiger partial charge in [0.25, 0.3) is 11.5 Å². The largest absolute Gasteiger partial charge is 0.345 e. The van der Waals surface area contributed by atoms with Gasteiger partial charge >= 0.3 is 0 Å². The van der Waals surface area contributed by atoms with Crippen LogP contribution in [0, 0.1) is 35.8 Å². The summed E-state index contributed by atoms with van der Waals surface area (Å²) < 4.78 is 29.3. The molecule has 1 N–H and O–H groups in total. The van der Waals surface area contributed by atoms with Crippen LogP contribution in [-0.2, 0) is 6.54 Å². The minimum atomic E-state index is -0.748. The summed E-state index contributed by atoms with van der Waals surface area (Å²) in [5.74, 6) is -1.44. The summed E-state index contributed by atoms with van der Waals surface area (Å²) in [6, 6.07) is 11.7. The van der Waals surface area contributed by atoms with Gasteiger partial charge < -0.3 is 5.32 Å². The third-order valence-electron chi connectivity index (χ3n) is 5.55. The monoisotopic (exact) mass is 407 g/mol. The number of nitrogens with one attached hydrogen (secondary N) is 1. The Balaban J connectivity index is 1.84. The molecule has 1 fully saturated rings. The van der Waals surface area contributed by atoms with Crippen LogP contribution in [0.25, 0.3) is 10.8 Å². The van der Waals surface area contributed by atoms with Crippen LogP contribution in [0.4, 0.5) is 8.78 Å². The lowest BCUT2D eigenvalue weighted by molar-refractivity contribution is 0.0931. The van der Waals surface area contributed by atoms with E-state index in [1.54, 1.807) is 19.1 Å². The van der Waals surface area contributed by atoms with E-state index in [9.17, 15) is 18.4 Å². The molecular weight excluding hydrogens is 388 g/mol. The fraction of sp³-hybridized carbons (Fsp3) is 0.261. The highest BCUT2D eigenvalue weighted by Crippen LogP contribution is 2.41. The number of benzene rings is 2. The molecule has 30 heavy (non-hydrogen) atoms. The van der Waals surface area contributed by atoms with Gasteiger partial charge in [0, 0.05) is 11.1 Å². The minimum Gasteiger partial charge on any atom is -0.345 e. The Labute approximate surface area is 171 Å². The highest BCUT2D eigenvalue weighted by molar-refractivity contribution is 6.08. The summed E-state index contributed by atoms with van der Waals surface area (Å²) in [7, 11) is 0. The highest BCUT2D eigenvalue weighted by Gasteiger charge is 2.34. The Morgan fingerprint density at radius 1 is 1.27 bits per heavy atom. The van der Waals surface area contributed by atoms with Gasteiger partial charge in [0.05, 0.1) is 23.1 Å². The Kier molecular flexibility index (Phi) is 5.08. The first-order chi connectivity index (χ1) is 14.4. The van der Waals surface area contributed by atoms with Crippen LogP contribution < -0.4 is 10.9 Å². The summed E-state index contributed by atoms with van der Waals surface area (Å²) in [6.07, 6.45) is 1.81. The van der Waals surface area contributed by atoms with Crippen molar-refractivity contribution >= 4 is 16.7 Å². The molecule has 4 rings (SSSR count). The predicted molar refractivity (Wildman–Crippen MR) is 108 cm³/mol. The first-order valence-electron chi connectivity index (χ1n) is 9.67. The van der Waals surface area contributed by atoms with Gasteiger partial charge in [-0.05, 0) is 49.4 Å². The lowest BCUT2D eigenvalue weighted by Crippen LogP contribution is -2.33. The van der Waals surface area contributed by atoms with Gasteiger partial charge in [-0.1, -0.05) is 24.3 Å². The lowest BCUT2D eigenvalue weighted by atomic mass is 9.99. The number of carbonyl (C=O) groups is 1. The zero-order valence-electron chi connectivity index (χ0n) is 16.3. The number of halogens is 2. The average molecular weight is 407 g/mol. The maximum absolute atomic E-state index is 14.5. The van der Waals surface area contributed by atoms with Crippen molar-refractivity contribution in [3.63, 3.8) is 0 Å². The quantitative estimate of drug-likeness (QED) is 0.695. The van der Waals surface area contributed by atoms with Crippen molar-refractivity contribution in [2.24, 2.45) is 5.92 Å². The predicted octanol–water partition coefficient (Wildman–Crippen LogP) is 3.99. The number of rotatable bonds is 5. The van der Waals surface area contributed by atoms with E-state index in [2.05, 4.69) is 5.32 Å². The maximum atomic E-state index is 14.5. The van der Waals surface area contributed by atoms with Crippen LogP contribution in [-0.4, -0.2) is 10.5 Å². The van der Waals surface area contributed by atoms with E-state index >= 15 is 0 Å². The SMILES string of the molecule is Cc1c(C(=O)N[C@H](c2cccc(F)c2)C2CC2)c2cccc(F)c2c(=O)n1CC#N. The van der Waals surface area contributed by atoms with Crippen LogP contribution in [0.3, 0.4) is 0 Å². The molecule has 0 radical (unpaired) electrons. The molecule has 152 valence electrons. The summed E-state index contributed by atoms with van der Waals surface area (Å²) >= 11 is 0. The summed E-state index contributed by atoms with van der Waals surface area (Å²) in [6.45, 7) is 1.26. The van der Waals surface area contributed by atoms with Crippen molar-refractivity contribution in [3.05, 3.63) is 81.3 Å². The molecule has 0 bridgehead atoms. The van der Waals surface area contributed by atoms with Crippen LogP contribution in [0.15, 0.2) is 47.3 Å². The summed E-state index contributed by atoms with van der Waals surface area (Å²) in [4.78, 5) is 26.1. The van der Waals surface area contributed by atoms with Gasteiger partial charge in [0.1, 0.15) is 18.2 Å². The molecule has 1 aliphatic rings. The van der Waals surface area contributed by atoms with Gasteiger partial charge in [-0.3, -0.25) is 14.2 Å². The number of fused-ring (bicyclic) bond motifs is 1. The van der Waals surface area contributed by atoms with Crippen molar-refractivity contribution in [3.8, 4) is 6.07 Å². The number of nitriles is 1. The van der Waals surface area contributed by atoms with E-state index in [4.69, 9.17) is 5.26 Å². The average Bonchev–Trinajstić information content (AvgIpc) is 3.54. The summed E-state index contributed by atoms with van der Waals surface area (Å²) in [5, 5.41) is 12.0. The number of aromatic nitrogens is 1. The van der Waals surface area contributed by atoms with E-state index in [1.165, 1.54) is 24.3 Å². The van der Waals surface area contributed by atoms with E-state index in [-0.39, 0.29) is 34.5 Å². The Hall–Kier alpha value is -3.53. The van der Waals surface area contributed by atoms with Gasteiger partial charge in [-0.15, -0.1) is 0 Å². The smallest absolute Gasteiger partial charge is 0.262 e. The van der Waals surface area contributed by atoms with Gasteiger partial charge in [0.15, 0.2) is 0 Å². The molecule has 1 aliphatic carbocycles. The number of carbonyl (C=O) groups excluding carboxylic acids is 1. The van der Waals surface area contributed by atoms with Gasteiger partial charge in [-0.25, -0.2) is 8.78 Å². The van der Waals surface area contributed by atoms with Gasteiger partial charge in [0.2, 0.25) is 0 Å². The minimum absolute atomic E-state index is 0.140. The molecular formula is C23H19F2N3O2. The molecule has 1 heterocycles. The van der Waals surface area contributed by atoms with Gasteiger partial charge in [-0.2, -0.15) is 5.26 Å². The maximum Gasteiger partial charge on any atom is 0.262 e. The molecule has 1 atom stereocenters. The molecule has 0 saturated heterocycles. The fourth-order valence-electron chi connectivity index (χ4n) is 3.93. The Morgan fingerprint density at radius 3 is 2.67 bits per heavy atom. The lowest BCUT2D eigenvalue weighted by Gasteiger charge is -2.21. The van der Waals surface area contributed by atoms with Crippen LogP contribution in [0.5, 0.6) is 0 Å². The van der Waals surface area contributed by atoms with E-state index in [0.717, 1.165) is 23.5 Å². The van der Waals surface area contributed by atoms with Crippen molar-refractivity contribution in [2.75, 3.05) is 0 Å². The molecule has 0 spiro atoms. The zero-order valence-corrected chi connectivity index (χ0v) is 16.3.